The van der Waals surface area contributed by atoms with Gasteiger partial charge in [-0.1, -0.05) is 35.9 Å². The van der Waals surface area contributed by atoms with E-state index in [4.69, 9.17) is 16.3 Å². The van der Waals surface area contributed by atoms with Crippen LogP contribution in [0.2, 0.25) is 5.02 Å². The maximum atomic E-state index is 14.4. The highest BCUT2D eigenvalue weighted by Crippen LogP contribution is 2.35. The molecule has 1 N–H and O–H groups in total. The van der Waals surface area contributed by atoms with Crippen molar-refractivity contribution < 1.29 is 9.13 Å². The Balaban J connectivity index is 2.56. The molecule has 1 atom stereocenters. The number of ether oxygens (including phenoxy) is 1. The minimum Gasteiger partial charge on any atom is -0.496 e. The van der Waals surface area contributed by atoms with Gasteiger partial charge in [-0.25, -0.2) is 4.39 Å². The van der Waals surface area contributed by atoms with Crippen LogP contribution in [0.3, 0.4) is 0 Å². The summed E-state index contributed by atoms with van der Waals surface area (Å²) in [6.07, 6.45) is 0. The van der Waals surface area contributed by atoms with Crippen molar-refractivity contribution >= 4 is 27.5 Å². The second-order valence-corrected chi connectivity index (χ2v) is 5.46. The van der Waals surface area contributed by atoms with E-state index in [1.165, 1.54) is 0 Å². The van der Waals surface area contributed by atoms with Crippen molar-refractivity contribution in [3.05, 3.63) is 62.8 Å². The molecule has 0 saturated heterocycles. The summed E-state index contributed by atoms with van der Waals surface area (Å²) in [5.41, 5.74) is 1.33. The van der Waals surface area contributed by atoms with E-state index in [0.717, 1.165) is 5.56 Å². The standard InChI is InChI=1S/C15H14BrClFNO/c1-19-15(9-5-3-4-6-12(9)20-2)10-7-8-11(16)13(17)14(10)18/h3-8,15,19H,1-2H3. The fourth-order valence-corrected chi connectivity index (χ4v) is 2.63. The van der Waals surface area contributed by atoms with Crippen molar-refractivity contribution in [2.45, 2.75) is 6.04 Å². The van der Waals surface area contributed by atoms with Crippen LogP contribution >= 0.6 is 27.5 Å². The third-order valence-corrected chi connectivity index (χ3v) is 4.37. The van der Waals surface area contributed by atoms with Crippen LogP contribution in [0.25, 0.3) is 0 Å². The summed E-state index contributed by atoms with van der Waals surface area (Å²) in [6, 6.07) is 10.6. The van der Waals surface area contributed by atoms with Gasteiger partial charge in [-0.05, 0) is 35.1 Å². The molecule has 0 fully saturated rings. The summed E-state index contributed by atoms with van der Waals surface area (Å²) in [5.74, 6) is 0.261. The second kappa shape index (κ2) is 6.57. The highest BCUT2D eigenvalue weighted by molar-refractivity contribution is 9.10. The fourth-order valence-electron chi connectivity index (χ4n) is 2.15. The molecule has 0 aromatic heterocycles. The van der Waals surface area contributed by atoms with Gasteiger partial charge in [-0.15, -0.1) is 0 Å². The lowest BCUT2D eigenvalue weighted by molar-refractivity contribution is 0.404. The van der Waals surface area contributed by atoms with Gasteiger partial charge in [-0.2, -0.15) is 0 Å². The first-order chi connectivity index (χ1) is 9.60. The van der Waals surface area contributed by atoms with Crippen LogP contribution < -0.4 is 10.1 Å². The van der Waals surface area contributed by atoms with Crippen LogP contribution in [0.5, 0.6) is 5.75 Å². The number of para-hydroxylation sites is 1. The Morgan fingerprint density at radius 1 is 1.20 bits per heavy atom. The van der Waals surface area contributed by atoms with Gasteiger partial charge in [0.15, 0.2) is 0 Å². The Labute approximate surface area is 131 Å². The first-order valence-corrected chi connectivity index (χ1v) is 7.20. The van der Waals surface area contributed by atoms with Gasteiger partial charge in [0.05, 0.1) is 18.2 Å². The van der Waals surface area contributed by atoms with Gasteiger partial charge in [0.2, 0.25) is 0 Å². The molecular weight excluding hydrogens is 345 g/mol. The molecular formula is C15H14BrClFNO. The lowest BCUT2D eigenvalue weighted by atomic mass is 9.97. The first kappa shape index (κ1) is 15.3. The summed E-state index contributed by atoms with van der Waals surface area (Å²) in [6.45, 7) is 0. The molecule has 2 aromatic rings. The van der Waals surface area contributed by atoms with Gasteiger partial charge in [0.1, 0.15) is 11.6 Å². The van der Waals surface area contributed by atoms with E-state index in [1.54, 1.807) is 26.3 Å². The molecule has 2 aromatic carbocycles. The van der Waals surface area contributed by atoms with Crippen molar-refractivity contribution in [1.82, 2.24) is 5.32 Å². The molecule has 0 aliphatic carbocycles. The monoisotopic (exact) mass is 357 g/mol. The van der Waals surface area contributed by atoms with Crippen LogP contribution in [0.1, 0.15) is 17.2 Å². The molecule has 0 aliphatic heterocycles. The van der Waals surface area contributed by atoms with Crippen molar-refractivity contribution in [2.75, 3.05) is 14.2 Å². The van der Waals surface area contributed by atoms with E-state index >= 15 is 0 Å². The Bertz CT molecular complexity index is 621. The summed E-state index contributed by atoms with van der Waals surface area (Å²) < 4.78 is 20.3. The fraction of sp³-hybridized carbons (Fsp3) is 0.200. The molecule has 0 heterocycles. The van der Waals surface area contributed by atoms with E-state index in [0.29, 0.717) is 15.8 Å². The van der Waals surface area contributed by atoms with Crippen LogP contribution in [0.4, 0.5) is 4.39 Å². The number of hydrogen-bond donors (Lipinski definition) is 1. The molecule has 1 unspecified atom stereocenters. The Hall–Kier alpha value is -1.10. The van der Waals surface area contributed by atoms with Gasteiger partial charge < -0.3 is 10.1 Å². The molecule has 0 aliphatic rings. The lowest BCUT2D eigenvalue weighted by Gasteiger charge is -2.21. The summed E-state index contributed by atoms with van der Waals surface area (Å²) in [5, 5.41) is 3.18. The molecule has 20 heavy (non-hydrogen) atoms. The van der Waals surface area contributed by atoms with Crippen LogP contribution in [-0.2, 0) is 0 Å². The zero-order valence-electron chi connectivity index (χ0n) is 11.1. The maximum Gasteiger partial charge on any atom is 0.148 e. The van der Waals surface area contributed by atoms with Crippen LogP contribution in [0.15, 0.2) is 40.9 Å². The normalized spacial score (nSPS) is 12.2. The van der Waals surface area contributed by atoms with Gasteiger partial charge in [-0.3, -0.25) is 0 Å². The predicted octanol–water partition coefficient (Wildman–Crippen LogP) is 4.56. The van der Waals surface area contributed by atoms with Crippen molar-refractivity contribution in [1.29, 1.82) is 0 Å². The molecule has 2 nitrogen and oxygen atoms in total. The predicted molar refractivity (Wildman–Crippen MR) is 83.0 cm³/mol. The quantitative estimate of drug-likeness (QED) is 0.809. The molecule has 0 bridgehead atoms. The average molecular weight is 359 g/mol. The molecule has 0 amide bonds. The van der Waals surface area contributed by atoms with Crippen molar-refractivity contribution in [2.24, 2.45) is 0 Å². The minimum atomic E-state index is -0.439. The lowest BCUT2D eigenvalue weighted by Crippen LogP contribution is -2.19. The highest BCUT2D eigenvalue weighted by atomic mass is 79.9. The van der Waals surface area contributed by atoms with Crippen LogP contribution in [-0.4, -0.2) is 14.2 Å². The SMILES string of the molecule is CNC(c1ccccc1OC)c1ccc(Br)c(Cl)c1F. The highest BCUT2D eigenvalue weighted by Gasteiger charge is 2.21. The number of hydrogen-bond acceptors (Lipinski definition) is 2. The van der Waals surface area contributed by atoms with E-state index in [1.807, 2.05) is 24.3 Å². The molecule has 5 heteroatoms. The number of halogens is 3. The third-order valence-electron chi connectivity index (χ3n) is 3.11. The Morgan fingerprint density at radius 3 is 2.55 bits per heavy atom. The summed E-state index contributed by atoms with van der Waals surface area (Å²) in [4.78, 5) is 0. The number of rotatable bonds is 4. The molecule has 106 valence electrons. The maximum absolute atomic E-state index is 14.4. The number of nitrogens with one attached hydrogen (secondary N) is 1. The topological polar surface area (TPSA) is 21.3 Å². The van der Waals surface area contributed by atoms with E-state index < -0.39 is 5.82 Å². The minimum absolute atomic E-state index is 0.0812. The second-order valence-electron chi connectivity index (χ2n) is 4.23. The molecule has 0 radical (unpaired) electrons. The Morgan fingerprint density at radius 2 is 1.90 bits per heavy atom. The molecule has 0 spiro atoms. The van der Waals surface area contributed by atoms with Crippen molar-refractivity contribution in [3.63, 3.8) is 0 Å². The van der Waals surface area contributed by atoms with Gasteiger partial charge in [0.25, 0.3) is 0 Å². The van der Waals surface area contributed by atoms with E-state index in [2.05, 4.69) is 21.2 Å². The van der Waals surface area contributed by atoms with E-state index in [9.17, 15) is 4.39 Å². The molecule has 0 saturated carbocycles. The first-order valence-electron chi connectivity index (χ1n) is 6.03. The zero-order valence-corrected chi connectivity index (χ0v) is 13.4. The third kappa shape index (κ3) is 2.82. The number of benzene rings is 2. The largest absolute Gasteiger partial charge is 0.496 e. The zero-order chi connectivity index (χ0) is 14.7. The summed E-state index contributed by atoms with van der Waals surface area (Å²) in [7, 11) is 3.36. The summed E-state index contributed by atoms with van der Waals surface area (Å²) >= 11 is 9.18. The van der Waals surface area contributed by atoms with Crippen molar-refractivity contribution in [3.8, 4) is 5.75 Å². The smallest absolute Gasteiger partial charge is 0.148 e. The molecule has 2 rings (SSSR count). The van der Waals surface area contributed by atoms with Gasteiger partial charge in [0, 0.05) is 15.6 Å². The number of methoxy groups -OCH3 is 1. The average Bonchev–Trinajstić information content (AvgIpc) is 2.48. The van der Waals surface area contributed by atoms with Crippen LogP contribution in [0, 0.1) is 5.82 Å². The Kier molecular flexibility index (Phi) is 5.02. The van der Waals surface area contributed by atoms with E-state index in [-0.39, 0.29) is 11.1 Å². The van der Waals surface area contributed by atoms with Gasteiger partial charge >= 0.3 is 0 Å².